The monoisotopic (exact) mass is 439 g/mol. The second kappa shape index (κ2) is 12.4. The van der Waals surface area contributed by atoms with Crippen LogP contribution in [-0.4, -0.2) is 42.2 Å². The number of carbonyl (C=O) groups excluding carboxylic acids is 1. The van der Waals surface area contributed by atoms with E-state index in [9.17, 15) is 9.90 Å². The number of ether oxygens (including phenoxy) is 1. The van der Waals surface area contributed by atoms with Crippen molar-refractivity contribution >= 4 is 5.97 Å². The summed E-state index contributed by atoms with van der Waals surface area (Å²) in [6.45, 7) is 6.80. The molecule has 1 atom stereocenters. The van der Waals surface area contributed by atoms with Crippen molar-refractivity contribution in [1.82, 2.24) is 4.90 Å². The van der Waals surface area contributed by atoms with Crippen molar-refractivity contribution in [3.05, 3.63) is 35.4 Å². The lowest BCUT2D eigenvalue weighted by atomic mass is 9.73. The summed E-state index contributed by atoms with van der Waals surface area (Å²) in [4.78, 5) is 15.4. The van der Waals surface area contributed by atoms with Gasteiger partial charge in [-0.3, -0.25) is 4.90 Å². The van der Waals surface area contributed by atoms with Crippen LogP contribution in [0.3, 0.4) is 0 Å². The second-order valence-electron chi connectivity index (χ2n) is 9.45. The Morgan fingerprint density at radius 1 is 0.969 bits per heavy atom. The molecule has 0 saturated heterocycles. The van der Waals surface area contributed by atoms with E-state index in [1.807, 2.05) is 12.1 Å². The van der Waals surface area contributed by atoms with E-state index < -0.39 is 11.6 Å². The Bertz CT molecular complexity index is 762. The largest absolute Gasteiger partial charge is 0.450 e. The van der Waals surface area contributed by atoms with Crippen LogP contribution in [-0.2, 0) is 15.1 Å². The smallest absolute Gasteiger partial charge is 0.344 e. The van der Waals surface area contributed by atoms with Crippen molar-refractivity contribution < 1.29 is 14.6 Å². The lowest BCUT2D eigenvalue weighted by Gasteiger charge is -2.36. The number of esters is 1. The van der Waals surface area contributed by atoms with Crippen LogP contribution in [0, 0.1) is 17.8 Å². The molecule has 0 spiro atoms. The van der Waals surface area contributed by atoms with Gasteiger partial charge in [0.15, 0.2) is 12.2 Å². The number of rotatable bonds is 8. The summed E-state index contributed by atoms with van der Waals surface area (Å²) in [6, 6.07) is 8.17. The molecule has 1 N–H and O–H groups in total. The summed E-state index contributed by atoms with van der Waals surface area (Å²) < 4.78 is 5.53. The van der Waals surface area contributed by atoms with E-state index in [4.69, 9.17) is 4.74 Å². The SMILES string of the molecule is CCN(CC)CC#CCOC(=O)C(O)(c1ccc(C2CCCCC2)cc1)C1CCCCC1. The maximum Gasteiger partial charge on any atom is 0.344 e. The van der Waals surface area contributed by atoms with E-state index in [1.165, 1.54) is 44.1 Å². The molecule has 176 valence electrons. The van der Waals surface area contributed by atoms with Gasteiger partial charge in [0.05, 0.1) is 6.54 Å². The maximum absolute atomic E-state index is 13.2. The predicted molar refractivity (Wildman–Crippen MR) is 129 cm³/mol. The first-order valence-corrected chi connectivity index (χ1v) is 12.8. The molecule has 4 nitrogen and oxygen atoms in total. The van der Waals surface area contributed by atoms with E-state index in [2.05, 4.69) is 42.7 Å². The van der Waals surface area contributed by atoms with Gasteiger partial charge < -0.3 is 9.84 Å². The summed E-state index contributed by atoms with van der Waals surface area (Å²) in [5.74, 6) is 5.97. The van der Waals surface area contributed by atoms with Gasteiger partial charge in [0.1, 0.15) is 0 Å². The van der Waals surface area contributed by atoms with Crippen LogP contribution in [0.2, 0.25) is 0 Å². The van der Waals surface area contributed by atoms with E-state index in [0.717, 1.165) is 38.8 Å². The van der Waals surface area contributed by atoms with Crippen LogP contribution in [0.25, 0.3) is 0 Å². The van der Waals surface area contributed by atoms with E-state index in [0.29, 0.717) is 18.0 Å². The molecule has 2 aliphatic carbocycles. The third-order valence-corrected chi connectivity index (χ3v) is 7.53. The average Bonchev–Trinajstić information content (AvgIpc) is 2.86. The molecule has 0 aromatic heterocycles. The number of hydrogen-bond acceptors (Lipinski definition) is 4. The van der Waals surface area contributed by atoms with Gasteiger partial charge in [-0.1, -0.05) is 88.5 Å². The first-order valence-electron chi connectivity index (χ1n) is 12.8. The van der Waals surface area contributed by atoms with Gasteiger partial charge in [0.25, 0.3) is 0 Å². The van der Waals surface area contributed by atoms with Crippen molar-refractivity contribution in [3.8, 4) is 11.8 Å². The van der Waals surface area contributed by atoms with Crippen LogP contribution < -0.4 is 0 Å². The zero-order chi connectivity index (χ0) is 22.8. The van der Waals surface area contributed by atoms with Gasteiger partial charge >= 0.3 is 5.97 Å². The molecule has 1 aromatic carbocycles. The van der Waals surface area contributed by atoms with Crippen molar-refractivity contribution in [2.75, 3.05) is 26.2 Å². The Morgan fingerprint density at radius 2 is 1.56 bits per heavy atom. The number of aliphatic hydroxyl groups is 1. The quantitative estimate of drug-likeness (QED) is 0.436. The minimum absolute atomic E-state index is 0.0231. The summed E-state index contributed by atoms with van der Waals surface area (Å²) in [7, 11) is 0. The first-order chi connectivity index (χ1) is 15.6. The van der Waals surface area contributed by atoms with Crippen molar-refractivity contribution in [1.29, 1.82) is 0 Å². The Morgan fingerprint density at radius 3 is 2.16 bits per heavy atom. The molecule has 2 fully saturated rings. The molecular weight excluding hydrogens is 398 g/mol. The molecule has 2 aliphatic rings. The molecule has 0 radical (unpaired) electrons. The maximum atomic E-state index is 13.2. The molecule has 2 saturated carbocycles. The molecule has 1 aromatic rings. The normalized spacial score (nSPS) is 19.8. The molecule has 1 unspecified atom stereocenters. The van der Waals surface area contributed by atoms with Gasteiger partial charge in [-0.25, -0.2) is 4.79 Å². The fourth-order valence-corrected chi connectivity index (χ4v) is 5.36. The van der Waals surface area contributed by atoms with Crippen LogP contribution in [0.1, 0.15) is 95.1 Å². The highest BCUT2D eigenvalue weighted by molar-refractivity contribution is 5.81. The molecule has 0 aliphatic heterocycles. The molecule has 4 heteroatoms. The minimum Gasteiger partial charge on any atom is -0.450 e. The second-order valence-corrected chi connectivity index (χ2v) is 9.45. The zero-order valence-corrected chi connectivity index (χ0v) is 20.1. The summed E-state index contributed by atoms with van der Waals surface area (Å²) in [5.41, 5.74) is 0.409. The van der Waals surface area contributed by atoms with Crippen LogP contribution in [0.4, 0.5) is 0 Å². The number of hydrogen-bond donors (Lipinski definition) is 1. The molecule has 0 bridgehead atoms. The van der Waals surface area contributed by atoms with Gasteiger partial charge in [0, 0.05) is 5.92 Å². The van der Waals surface area contributed by atoms with Gasteiger partial charge in [-0.15, -0.1) is 0 Å². The van der Waals surface area contributed by atoms with Crippen LogP contribution in [0.5, 0.6) is 0 Å². The van der Waals surface area contributed by atoms with Crippen LogP contribution >= 0.6 is 0 Å². The van der Waals surface area contributed by atoms with Crippen molar-refractivity contribution in [2.45, 2.75) is 89.6 Å². The molecule has 3 rings (SSSR count). The van der Waals surface area contributed by atoms with E-state index in [-0.39, 0.29) is 12.5 Å². The lowest BCUT2D eigenvalue weighted by molar-refractivity contribution is -0.174. The van der Waals surface area contributed by atoms with Gasteiger partial charge in [-0.05, 0) is 55.8 Å². The standard InChI is InChI=1S/C28H41NO3/c1-3-29(4-2)21-11-12-22-32-27(30)28(31,25-15-9-6-10-16-25)26-19-17-24(18-20-26)23-13-7-5-8-14-23/h17-20,23,25,31H,3-10,13-16,21-22H2,1-2H3. The molecular formula is C28H41NO3. The van der Waals surface area contributed by atoms with E-state index in [1.54, 1.807) is 0 Å². The zero-order valence-electron chi connectivity index (χ0n) is 20.1. The third-order valence-electron chi connectivity index (χ3n) is 7.53. The molecule has 0 amide bonds. The fraction of sp³-hybridized carbons (Fsp3) is 0.679. The Balaban J connectivity index is 1.72. The fourth-order valence-electron chi connectivity index (χ4n) is 5.36. The number of nitrogens with zero attached hydrogens (tertiary/aromatic N) is 1. The highest BCUT2D eigenvalue weighted by atomic mass is 16.5. The molecule has 32 heavy (non-hydrogen) atoms. The number of carbonyl (C=O) groups is 1. The first kappa shape index (κ1) is 24.8. The van der Waals surface area contributed by atoms with Crippen molar-refractivity contribution in [2.24, 2.45) is 5.92 Å². The summed E-state index contributed by atoms with van der Waals surface area (Å²) in [6.07, 6.45) is 11.3. The predicted octanol–water partition coefficient (Wildman–Crippen LogP) is 5.39. The minimum atomic E-state index is -1.59. The Hall–Kier alpha value is -1.83. The molecule has 0 heterocycles. The average molecular weight is 440 g/mol. The highest BCUT2D eigenvalue weighted by Crippen LogP contribution is 2.41. The van der Waals surface area contributed by atoms with Gasteiger partial charge in [0.2, 0.25) is 0 Å². The lowest BCUT2D eigenvalue weighted by Crippen LogP contribution is -2.45. The topological polar surface area (TPSA) is 49.8 Å². The Kier molecular flexibility index (Phi) is 9.63. The Labute approximate surface area is 194 Å². The third kappa shape index (κ3) is 6.15. The van der Waals surface area contributed by atoms with Gasteiger partial charge in [-0.2, -0.15) is 0 Å². The number of benzene rings is 1. The van der Waals surface area contributed by atoms with E-state index >= 15 is 0 Å². The highest BCUT2D eigenvalue weighted by Gasteiger charge is 2.47. The summed E-state index contributed by atoms with van der Waals surface area (Å²) in [5, 5.41) is 11.8. The summed E-state index contributed by atoms with van der Waals surface area (Å²) >= 11 is 0. The van der Waals surface area contributed by atoms with Crippen LogP contribution in [0.15, 0.2) is 24.3 Å². The van der Waals surface area contributed by atoms with Crippen molar-refractivity contribution in [3.63, 3.8) is 0 Å².